The molecule has 2 heteroatoms. The normalized spacial score (nSPS) is 11.0. The molecule has 0 fully saturated rings. The van der Waals surface area contributed by atoms with Crippen LogP contribution in [0.1, 0.15) is 0 Å². The van der Waals surface area contributed by atoms with Crippen LogP contribution in [0.15, 0.2) is 36.5 Å². The lowest BCUT2D eigenvalue weighted by Gasteiger charge is -2.08. The first-order chi connectivity index (χ1) is 5.56. The van der Waals surface area contributed by atoms with Crippen LogP contribution >= 0.6 is 0 Å². The summed E-state index contributed by atoms with van der Waals surface area (Å²) in [6.07, 6.45) is 3.86. The summed E-state index contributed by atoms with van der Waals surface area (Å²) in [5.74, 6) is 0. The number of likely N-dealkylation sites (N-methyl/N-ethyl adjacent to an activating group) is 1. The lowest BCUT2D eigenvalue weighted by Crippen LogP contribution is -2.13. The molecule has 0 aliphatic heterocycles. The maximum atomic E-state index is 5.37. The zero-order valence-corrected chi connectivity index (χ0v) is 8.01. The summed E-state index contributed by atoms with van der Waals surface area (Å²) >= 11 is 0. The highest BCUT2D eigenvalue weighted by Crippen LogP contribution is 1.97. The van der Waals surface area contributed by atoms with E-state index in [9.17, 15) is 0 Å². The Kier molecular flexibility index (Phi) is 5.34. The van der Waals surface area contributed by atoms with E-state index in [1.165, 1.54) is 0 Å². The zero-order valence-electron chi connectivity index (χ0n) is 8.01. The van der Waals surface area contributed by atoms with Crippen molar-refractivity contribution in [2.75, 3.05) is 27.2 Å². The molecule has 2 N–H and O–H groups in total. The van der Waals surface area contributed by atoms with Crippen molar-refractivity contribution in [2.24, 2.45) is 5.73 Å². The molecule has 68 valence electrons. The number of rotatable bonds is 5. The summed E-state index contributed by atoms with van der Waals surface area (Å²) in [5, 5.41) is 0. The SMILES string of the molecule is C=C(/C=C\C(=C)CN(C)C)CN. The van der Waals surface area contributed by atoms with Crippen molar-refractivity contribution in [1.82, 2.24) is 4.90 Å². The first-order valence-electron chi connectivity index (χ1n) is 3.94. The molecule has 0 aromatic heterocycles. The third-order valence-corrected chi connectivity index (χ3v) is 1.34. The molecule has 0 aliphatic rings. The number of hydrogen-bond donors (Lipinski definition) is 1. The molecule has 0 rings (SSSR count). The van der Waals surface area contributed by atoms with Crippen molar-refractivity contribution in [2.45, 2.75) is 0 Å². The van der Waals surface area contributed by atoms with Crippen molar-refractivity contribution < 1.29 is 0 Å². The van der Waals surface area contributed by atoms with Gasteiger partial charge in [0.05, 0.1) is 0 Å². The molecule has 2 nitrogen and oxygen atoms in total. The molecule has 0 aliphatic carbocycles. The van der Waals surface area contributed by atoms with Gasteiger partial charge in [-0.1, -0.05) is 25.3 Å². The minimum absolute atomic E-state index is 0.506. The monoisotopic (exact) mass is 166 g/mol. The van der Waals surface area contributed by atoms with Gasteiger partial charge in [0.2, 0.25) is 0 Å². The highest BCUT2D eigenvalue weighted by atomic mass is 15.0. The summed E-state index contributed by atoms with van der Waals surface area (Å²) in [6, 6.07) is 0. The molecule has 0 amide bonds. The lowest BCUT2D eigenvalue weighted by atomic mass is 10.2. The van der Waals surface area contributed by atoms with Crippen LogP contribution in [0, 0.1) is 0 Å². The predicted molar refractivity (Wildman–Crippen MR) is 55.0 cm³/mol. The van der Waals surface area contributed by atoms with Crippen LogP contribution in [-0.2, 0) is 0 Å². The predicted octanol–water partition coefficient (Wildman–Crippen LogP) is 1.18. The van der Waals surface area contributed by atoms with Gasteiger partial charge in [0, 0.05) is 13.1 Å². The minimum atomic E-state index is 0.506. The molecule has 12 heavy (non-hydrogen) atoms. The first kappa shape index (κ1) is 11.1. The van der Waals surface area contributed by atoms with Gasteiger partial charge in [0.1, 0.15) is 0 Å². The second-order valence-corrected chi connectivity index (χ2v) is 3.09. The third kappa shape index (κ3) is 5.89. The molecule has 0 radical (unpaired) electrons. The Balaban J connectivity index is 3.83. The average Bonchev–Trinajstić information content (AvgIpc) is 1.99. The topological polar surface area (TPSA) is 29.3 Å². The molecule has 0 aromatic carbocycles. The number of hydrogen-bond acceptors (Lipinski definition) is 2. The molecule has 0 atom stereocenters. The van der Waals surface area contributed by atoms with Crippen LogP contribution in [0.2, 0.25) is 0 Å². The largest absolute Gasteiger partial charge is 0.327 e. The van der Waals surface area contributed by atoms with E-state index in [0.717, 1.165) is 17.7 Å². The van der Waals surface area contributed by atoms with Gasteiger partial charge in [-0.25, -0.2) is 0 Å². The Hall–Kier alpha value is -0.860. The van der Waals surface area contributed by atoms with E-state index in [2.05, 4.69) is 18.1 Å². The fourth-order valence-corrected chi connectivity index (χ4v) is 0.763. The fraction of sp³-hybridized carbons (Fsp3) is 0.400. The van der Waals surface area contributed by atoms with Crippen molar-refractivity contribution >= 4 is 0 Å². The van der Waals surface area contributed by atoms with E-state index in [1.54, 1.807) is 0 Å². The van der Waals surface area contributed by atoms with E-state index in [4.69, 9.17) is 5.73 Å². The standard InChI is InChI=1S/C10H18N2/c1-9(7-11)5-6-10(2)8-12(3)4/h5-6H,1-2,7-8,11H2,3-4H3/b6-5-. The van der Waals surface area contributed by atoms with E-state index < -0.39 is 0 Å². The maximum Gasteiger partial charge on any atom is 0.0221 e. The average molecular weight is 166 g/mol. The highest BCUT2D eigenvalue weighted by molar-refractivity contribution is 5.25. The van der Waals surface area contributed by atoms with Crippen molar-refractivity contribution in [3.05, 3.63) is 36.5 Å². The maximum absolute atomic E-state index is 5.37. The Morgan fingerprint density at radius 3 is 2.17 bits per heavy atom. The van der Waals surface area contributed by atoms with Gasteiger partial charge in [0.25, 0.3) is 0 Å². The summed E-state index contributed by atoms with van der Waals surface area (Å²) in [4.78, 5) is 2.07. The van der Waals surface area contributed by atoms with Crippen LogP contribution in [0.3, 0.4) is 0 Å². The van der Waals surface area contributed by atoms with Gasteiger partial charge in [0.15, 0.2) is 0 Å². The van der Waals surface area contributed by atoms with Gasteiger partial charge >= 0.3 is 0 Å². The summed E-state index contributed by atoms with van der Waals surface area (Å²) in [7, 11) is 4.02. The molecular weight excluding hydrogens is 148 g/mol. The van der Waals surface area contributed by atoms with E-state index in [1.807, 2.05) is 26.2 Å². The smallest absolute Gasteiger partial charge is 0.0221 e. The second kappa shape index (κ2) is 5.75. The van der Waals surface area contributed by atoms with Crippen LogP contribution in [0.5, 0.6) is 0 Å². The Morgan fingerprint density at radius 1 is 1.25 bits per heavy atom. The third-order valence-electron chi connectivity index (χ3n) is 1.34. The Morgan fingerprint density at radius 2 is 1.75 bits per heavy atom. The molecule has 0 saturated heterocycles. The molecule has 0 spiro atoms. The van der Waals surface area contributed by atoms with E-state index in [-0.39, 0.29) is 0 Å². The number of nitrogens with zero attached hydrogens (tertiary/aromatic N) is 1. The lowest BCUT2D eigenvalue weighted by molar-refractivity contribution is 0.449. The van der Waals surface area contributed by atoms with Crippen LogP contribution in [0.25, 0.3) is 0 Å². The second-order valence-electron chi connectivity index (χ2n) is 3.09. The molecule has 0 bridgehead atoms. The van der Waals surface area contributed by atoms with Gasteiger partial charge < -0.3 is 10.6 Å². The molecular formula is C10H18N2. The van der Waals surface area contributed by atoms with E-state index >= 15 is 0 Å². The Bertz CT molecular complexity index is 190. The first-order valence-corrected chi connectivity index (χ1v) is 3.94. The van der Waals surface area contributed by atoms with Crippen molar-refractivity contribution in [3.8, 4) is 0 Å². The van der Waals surface area contributed by atoms with Crippen LogP contribution < -0.4 is 5.73 Å². The quantitative estimate of drug-likeness (QED) is 0.621. The van der Waals surface area contributed by atoms with Crippen molar-refractivity contribution in [3.63, 3.8) is 0 Å². The molecule has 0 unspecified atom stereocenters. The molecule has 0 saturated carbocycles. The summed E-state index contributed by atoms with van der Waals surface area (Å²) in [6.45, 7) is 9.02. The van der Waals surface area contributed by atoms with E-state index in [0.29, 0.717) is 6.54 Å². The van der Waals surface area contributed by atoms with Gasteiger partial charge in [-0.2, -0.15) is 0 Å². The van der Waals surface area contributed by atoms with Gasteiger partial charge in [-0.15, -0.1) is 0 Å². The van der Waals surface area contributed by atoms with Gasteiger partial charge in [-0.3, -0.25) is 0 Å². The van der Waals surface area contributed by atoms with Crippen LogP contribution in [-0.4, -0.2) is 32.1 Å². The molecule has 0 aromatic rings. The summed E-state index contributed by atoms with van der Waals surface area (Å²) in [5.41, 5.74) is 7.36. The summed E-state index contributed by atoms with van der Waals surface area (Å²) < 4.78 is 0. The molecule has 0 heterocycles. The highest BCUT2D eigenvalue weighted by Gasteiger charge is 1.90. The number of nitrogens with two attached hydrogens (primary N) is 1. The zero-order chi connectivity index (χ0) is 9.56. The van der Waals surface area contributed by atoms with Crippen LogP contribution in [0.4, 0.5) is 0 Å². The van der Waals surface area contributed by atoms with Gasteiger partial charge in [-0.05, 0) is 25.2 Å². The fourth-order valence-electron chi connectivity index (χ4n) is 0.763. The van der Waals surface area contributed by atoms with Crippen molar-refractivity contribution in [1.29, 1.82) is 0 Å². The minimum Gasteiger partial charge on any atom is -0.327 e. The Labute approximate surface area is 75.1 Å².